The quantitative estimate of drug-likeness (QED) is 0.467. The number of aliphatic carboxylic acids is 1. The molecule has 2 aromatic carbocycles. The molecule has 0 unspecified atom stereocenters. The molecule has 0 fully saturated rings. The summed E-state index contributed by atoms with van der Waals surface area (Å²) < 4.78 is 2.39. The van der Waals surface area contributed by atoms with Crippen LogP contribution in [0.15, 0.2) is 46.2 Å². The molecule has 0 bridgehead atoms. The Kier molecular flexibility index (Phi) is 5.67. The van der Waals surface area contributed by atoms with Gasteiger partial charge in [0.05, 0.1) is 6.42 Å². The molecule has 1 aliphatic heterocycles. The molecule has 2 heterocycles. The van der Waals surface area contributed by atoms with E-state index >= 15 is 0 Å². The average Bonchev–Trinajstić information content (AvgIpc) is 2.97. The van der Waals surface area contributed by atoms with Crippen LogP contribution in [0, 0.1) is 6.92 Å². The number of carboxylic acids is 1. The third-order valence-electron chi connectivity index (χ3n) is 5.73. The van der Waals surface area contributed by atoms with Crippen molar-refractivity contribution >= 4 is 40.2 Å². The molecule has 1 atom stereocenters. The smallest absolute Gasteiger partial charge is 0.304 e. The standard InChI is InChI=1S/C24H26ClNO2S/c1-14(2)19-11-15(3)12-20-22(19)24(29-18-8-6-17(25)7-9-18)23-16(13-21(27)28)5-4-10-26(20)23/h6-9,11-12,14,16H,4-5,10,13H2,1-3H3,(H,27,28)/t16-/m1/s1. The normalized spacial score (nSPS) is 16.4. The summed E-state index contributed by atoms with van der Waals surface area (Å²) in [4.78, 5) is 13.9. The Balaban J connectivity index is 1.99. The summed E-state index contributed by atoms with van der Waals surface area (Å²) in [5.74, 6) is -0.287. The van der Waals surface area contributed by atoms with Crippen molar-refractivity contribution in [2.24, 2.45) is 0 Å². The van der Waals surface area contributed by atoms with Gasteiger partial charge in [-0.1, -0.05) is 43.3 Å². The number of hydrogen-bond donors (Lipinski definition) is 1. The van der Waals surface area contributed by atoms with Crippen LogP contribution in [0.3, 0.4) is 0 Å². The van der Waals surface area contributed by atoms with E-state index in [1.807, 2.05) is 24.3 Å². The molecular formula is C24H26ClNO2S. The van der Waals surface area contributed by atoms with E-state index in [-0.39, 0.29) is 12.3 Å². The van der Waals surface area contributed by atoms with Crippen LogP contribution in [0.1, 0.15) is 61.8 Å². The van der Waals surface area contributed by atoms with Crippen molar-refractivity contribution < 1.29 is 9.90 Å². The van der Waals surface area contributed by atoms with E-state index in [9.17, 15) is 9.90 Å². The number of aromatic nitrogens is 1. The van der Waals surface area contributed by atoms with Crippen molar-refractivity contribution in [3.8, 4) is 0 Å². The number of nitrogens with zero attached hydrogens (tertiary/aromatic N) is 1. The Morgan fingerprint density at radius 1 is 1.28 bits per heavy atom. The summed E-state index contributed by atoms with van der Waals surface area (Å²) in [6.45, 7) is 7.56. The first-order valence-electron chi connectivity index (χ1n) is 10.2. The molecule has 0 saturated carbocycles. The Morgan fingerprint density at radius 3 is 2.66 bits per heavy atom. The van der Waals surface area contributed by atoms with E-state index in [1.54, 1.807) is 11.8 Å². The van der Waals surface area contributed by atoms with Gasteiger partial charge in [0.2, 0.25) is 0 Å². The number of hydrogen-bond acceptors (Lipinski definition) is 2. The third-order valence-corrected chi connectivity index (χ3v) is 7.11. The summed E-state index contributed by atoms with van der Waals surface area (Å²) in [6.07, 6.45) is 2.12. The lowest BCUT2D eigenvalue weighted by atomic mass is 9.92. The second kappa shape index (κ2) is 8.08. The Morgan fingerprint density at radius 2 is 2.00 bits per heavy atom. The molecule has 152 valence electrons. The second-order valence-corrected chi connectivity index (χ2v) is 9.78. The fraction of sp³-hybridized carbons (Fsp3) is 0.375. The molecule has 0 saturated heterocycles. The van der Waals surface area contributed by atoms with Crippen molar-refractivity contribution in [3.63, 3.8) is 0 Å². The summed E-state index contributed by atoms with van der Waals surface area (Å²) in [6, 6.07) is 12.5. The molecule has 3 nitrogen and oxygen atoms in total. The lowest BCUT2D eigenvalue weighted by Gasteiger charge is -2.25. The molecule has 4 rings (SSSR count). The SMILES string of the molecule is Cc1cc(C(C)C)c2c(Sc3ccc(Cl)cc3)c3n(c2c1)CCC[C@@H]3CC(=O)O. The zero-order valence-corrected chi connectivity index (χ0v) is 18.6. The van der Waals surface area contributed by atoms with Crippen molar-refractivity contribution in [2.45, 2.75) is 68.2 Å². The highest BCUT2D eigenvalue weighted by Crippen LogP contribution is 2.48. The Hall–Kier alpha value is -1.91. The number of fused-ring (bicyclic) bond motifs is 3. The van der Waals surface area contributed by atoms with E-state index in [4.69, 9.17) is 11.6 Å². The van der Waals surface area contributed by atoms with Crippen molar-refractivity contribution in [1.82, 2.24) is 4.57 Å². The molecule has 0 aliphatic carbocycles. The van der Waals surface area contributed by atoms with Crippen molar-refractivity contribution in [2.75, 3.05) is 0 Å². The predicted molar refractivity (Wildman–Crippen MR) is 121 cm³/mol. The van der Waals surface area contributed by atoms with Gasteiger partial charge in [-0.3, -0.25) is 4.79 Å². The summed E-state index contributed by atoms with van der Waals surface area (Å²) >= 11 is 7.83. The highest BCUT2D eigenvalue weighted by Gasteiger charge is 2.31. The molecule has 0 radical (unpaired) electrons. The minimum Gasteiger partial charge on any atom is -0.481 e. The second-order valence-electron chi connectivity index (χ2n) is 8.26. The molecule has 1 N–H and O–H groups in total. The maximum Gasteiger partial charge on any atom is 0.304 e. The number of carboxylic acid groups (broad SMARTS) is 1. The van der Waals surface area contributed by atoms with Gasteiger partial charge < -0.3 is 9.67 Å². The first kappa shape index (κ1) is 20.4. The number of benzene rings is 2. The van der Waals surface area contributed by atoms with Gasteiger partial charge in [0.25, 0.3) is 0 Å². The zero-order valence-electron chi connectivity index (χ0n) is 17.0. The molecule has 1 aliphatic rings. The minimum atomic E-state index is -0.726. The van der Waals surface area contributed by atoms with Gasteiger partial charge in [0.15, 0.2) is 0 Å². The maximum absolute atomic E-state index is 11.6. The molecule has 29 heavy (non-hydrogen) atoms. The lowest BCUT2D eigenvalue weighted by molar-refractivity contribution is -0.137. The Labute approximate surface area is 181 Å². The van der Waals surface area contributed by atoms with E-state index in [0.717, 1.165) is 29.3 Å². The molecule has 0 spiro atoms. The molecule has 3 aromatic rings. The van der Waals surface area contributed by atoms with Crippen LogP contribution >= 0.6 is 23.4 Å². The predicted octanol–water partition coefficient (Wildman–Crippen LogP) is 7.23. The first-order chi connectivity index (χ1) is 13.8. The van der Waals surface area contributed by atoms with Gasteiger partial charge >= 0.3 is 5.97 Å². The highest BCUT2D eigenvalue weighted by atomic mass is 35.5. The molecular weight excluding hydrogens is 402 g/mol. The van der Waals surface area contributed by atoms with Crippen LogP contribution in [-0.4, -0.2) is 15.6 Å². The molecule has 5 heteroatoms. The van der Waals surface area contributed by atoms with Gasteiger partial charge in [0.1, 0.15) is 0 Å². The van der Waals surface area contributed by atoms with Crippen LogP contribution in [0.25, 0.3) is 10.9 Å². The van der Waals surface area contributed by atoms with Crippen LogP contribution < -0.4 is 0 Å². The fourth-order valence-electron chi connectivity index (χ4n) is 4.50. The van der Waals surface area contributed by atoms with Crippen LogP contribution in [-0.2, 0) is 11.3 Å². The van der Waals surface area contributed by atoms with E-state index in [0.29, 0.717) is 5.92 Å². The molecule has 0 amide bonds. The van der Waals surface area contributed by atoms with Gasteiger partial charge in [-0.2, -0.15) is 0 Å². The number of carbonyl (C=O) groups is 1. The van der Waals surface area contributed by atoms with E-state index < -0.39 is 5.97 Å². The summed E-state index contributed by atoms with van der Waals surface area (Å²) in [5, 5.41) is 11.5. The average molecular weight is 428 g/mol. The topological polar surface area (TPSA) is 42.2 Å². The lowest BCUT2D eigenvalue weighted by Crippen LogP contribution is -2.18. The third kappa shape index (κ3) is 3.93. The van der Waals surface area contributed by atoms with Crippen molar-refractivity contribution in [3.05, 3.63) is 58.2 Å². The van der Waals surface area contributed by atoms with Crippen molar-refractivity contribution in [1.29, 1.82) is 0 Å². The van der Waals surface area contributed by atoms with Crippen LogP contribution in [0.2, 0.25) is 5.02 Å². The fourth-order valence-corrected chi connectivity index (χ4v) is 5.84. The summed E-state index contributed by atoms with van der Waals surface area (Å²) in [5.41, 5.74) is 5.04. The Bertz CT molecular complexity index is 1070. The van der Waals surface area contributed by atoms with Gasteiger partial charge in [-0.25, -0.2) is 0 Å². The van der Waals surface area contributed by atoms with Gasteiger partial charge in [-0.15, -0.1) is 0 Å². The van der Waals surface area contributed by atoms with E-state index in [1.165, 1.54) is 32.6 Å². The first-order valence-corrected chi connectivity index (χ1v) is 11.4. The van der Waals surface area contributed by atoms with E-state index in [2.05, 4.69) is 37.5 Å². The summed E-state index contributed by atoms with van der Waals surface area (Å²) in [7, 11) is 0. The monoisotopic (exact) mass is 427 g/mol. The van der Waals surface area contributed by atoms with Crippen LogP contribution in [0.5, 0.6) is 0 Å². The number of halogens is 1. The molecule has 1 aromatic heterocycles. The number of rotatable bonds is 5. The van der Waals surface area contributed by atoms with Gasteiger partial charge in [0, 0.05) is 43.9 Å². The van der Waals surface area contributed by atoms with Crippen LogP contribution in [0.4, 0.5) is 0 Å². The minimum absolute atomic E-state index is 0.0452. The van der Waals surface area contributed by atoms with Gasteiger partial charge in [-0.05, 0) is 67.1 Å². The highest BCUT2D eigenvalue weighted by molar-refractivity contribution is 7.99. The zero-order chi connectivity index (χ0) is 20.7. The number of aryl methyl sites for hydroxylation is 2. The maximum atomic E-state index is 11.6. The largest absolute Gasteiger partial charge is 0.481 e.